The van der Waals surface area contributed by atoms with Crippen LogP contribution >= 0.6 is 11.3 Å². The Morgan fingerprint density at radius 3 is 3.21 bits per heavy atom. The lowest BCUT2D eigenvalue weighted by Crippen LogP contribution is -2.43. The zero-order valence-corrected chi connectivity index (χ0v) is 14.1. The predicted molar refractivity (Wildman–Crippen MR) is 90.9 cm³/mol. The molecule has 0 spiro atoms. The number of thiazole rings is 1. The lowest BCUT2D eigenvalue weighted by Gasteiger charge is -2.20. The Hall–Kier alpha value is -1.96. The van der Waals surface area contributed by atoms with Gasteiger partial charge in [0.2, 0.25) is 5.91 Å². The molecule has 1 saturated heterocycles. The zero-order valence-electron chi connectivity index (χ0n) is 13.3. The highest BCUT2D eigenvalue weighted by Gasteiger charge is 2.27. The summed E-state index contributed by atoms with van der Waals surface area (Å²) in [7, 11) is 0. The Labute approximate surface area is 143 Å². The second-order valence-corrected chi connectivity index (χ2v) is 7.11. The smallest absolute Gasteiger partial charge is 0.228 e. The number of hydrogen-bond acceptors (Lipinski definition) is 6. The minimum Gasteiger partial charge on any atom is -0.487 e. The Balaban J connectivity index is 1.51. The number of ether oxygens (including phenoxy) is 1. The number of aliphatic hydroxyl groups is 1. The fourth-order valence-corrected chi connectivity index (χ4v) is 3.96. The number of nitrogens with one attached hydrogen (secondary N) is 2. The first-order valence-electron chi connectivity index (χ1n) is 8.03. The molecule has 1 aromatic carbocycles. The third-order valence-electron chi connectivity index (χ3n) is 4.57. The van der Waals surface area contributed by atoms with E-state index in [4.69, 9.17) is 4.74 Å². The maximum atomic E-state index is 12.4. The standard InChI is InChI=1S/C17H19N3O3S/c1-9(17(22)20-15-5-11(21)6-18-15)10-2-3-12-14(4-10)23-7-13-16(12)24-8-19-13/h2-4,8-9,11,15,18,21H,5-7H2,1H3,(H,20,22)/t9?,11-,15+/m1/s1. The van der Waals surface area contributed by atoms with Crippen molar-refractivity contribution in [3.05, 3.63) is 35.0 Å². The Morgan fingerprint density at radius 2 is 2.42 bits per heavy atom. The Bertz CT molecular complexity index is 776. The van der Waals surface area contributed by atoms with Crippen molar-refractivity contribution in [3.8, 4) is 16.2 Å². The van der Waals surface area contributed by atoms with Gasteiger partial charge in [-0.25, -0.2) is 4.98 Å². The molecule has 3 atom stereocenters. The molecule has 4 rings (SSSR count). The van der Waals surface area contributed by atoms with E-state index in [2.05, 4.69) is 15.6 Å². The van der Waals surface area contributed by atoms with Gasteiger partial charge in [0, 0.05) is 18.5 Å². The molecule has 3 heterocycles. The Kier molecular flexibility index (Phi) is 3.99. The highest BCUT2D eigenvalue weighted by atomic mass is 32.1. The molecule has 126 valence electrons. The zero-order chi connectivity index (χ0) is 16.7. The molecule has 2 aliphatic rings. The summed E-state index contributed by atoms with van der Waals surface area (Å²) in [6.45, 7) is 2.87. The Morgan fingerprint density at radius 1 is 1.54 bits per heavy atom. The molecule has 6 nitrogen and oxygen atoms in total. The lowest BCUT2D eigenvalue weighted by atomic mass is 9.97. The summed E-state index contributed by atoms with van der Waals surface area (Å²) in [6, 6.07) is 5.92. The van der Waals surface area contributed by atoms with Crippen LogP contribution in [0.3, 0.4) is 0 Å². The first-order valence-corrected chi connectivity index (χ1v) is 8.91. The van der Waals surface area contributed by atoms with Crippen molar-refractivity contribution in [3.63, 3.8) is 0 Å². The van der Waals surface area contributed by atoms with E-state index in [0.717, 1.165) is 27.4 Å². The van der Waals surface area contributed by atoms with Gasteiger partial charge in [0.15, 0.2) is 0 Å². The number of carbonyl (C=O) groups is 1. The molecule has 1 fully saturated rings. The summed E-state index contributed by atoms with van der Waals surface area (Å²) >= 11 is 1.61. The van der Waals surface area contributed by atoms with Crippen LogP contribution in [-0.4, -0.2) is 34.8 Å². The monoisotopic (exact) mass is 345 g/mol. The highest BCUT2D eigenvalue weighted by molar-refractivity contribution is 7.13. The summed E-state index contributed by atoms with van der Waals surface area (Å²) in [5.74, 6) is 0.454. The largest absolute Gasteiger partial charge is 0.487 e. The molecular weight excluding hydrogens is 326 g/mol. The van der Waals surface area contributed by atoms with Crippen LogP contribution in [0.4, 0.5) is 0 Å². The van der Waals surface area contributed by atoms with Gasteiger partial charge in [-0.05, 0) is 24.6 Å². The number of hydrogen-bond donors (Lipinski definition) is 3. The van der Waals surface area contributed by atoms with E-state index >= 15 is 0 Å². The predicted octanol–water partition coefficient (Wildman–Crippen LogP) is 1.60. The molecule has 1 amide bonds. The van der Waals surface area contributed by atoms with Gasteiger partial charge >= 0.3 is 0 Å². The molecule has 3 N–H and O–H groups in total. The van der Waals surface area contributed by atoms with E-state index < -0.39 is 6.10 Å². The van der Waals surface area contributed by atoms with Gasteiger partial charge < -0.3 is 15.2 Å². The van der Waals surface area contributed by atoms with Crippen LogP contribution < -0.4 is 15.4 Å². The normalized spacial score (nSPS) is 23.1. The molecule has 1 unspecified atom stereocenters. The van der Waals surface area contributed by atoms with Crippen molar-refractivity contribution in [1.29, 1.82) is 0 Å². The fraction of sp³-hybridized carbons (Fsp3) is 0.412. The van der Waals surface area contributed by atoms with Crippen LogP contribution in [0.25, 0.3) is 10.4 Å². The van der Waals surface area contributed by atoms with Crippen molar-refractivity contribution in [2.75, 3.05) is 6.54 Å². The van der Waals surface area contributed by atoms with Gasteiger partial charge in [-0.15, -0.1) is 11.3 Å². The lowest BCUT2D eigenvalue weighted by molar-refractivity contribution is -0.123. The first-order chi connectivity index (χ1) is 11.6. The molecule has 0 bridgehead atoms. The molecule has 0 aliphatic carbocycles. The van der Waals surface area contributed by atoms with Crippen molar-refractivity contribution in [1.82, 2.24) is 15.6 Å². The maximum Gasteiger partial charge on any atom is 0.228 e. The highest BCUT2D eigenvalue weighted by Crippen LogP contribution is 2.40. The second kappa shape index (κ2) is 6.16. The van der Waals surface area contributed by atoms with Crippen molar-refractivity contribution < 1.29 is 14.6 Å². The molecule has 7 heteroatoms. The maximum absolute atomic E-state index is 12.4. The summed E-state index contributed by atoms with van der Waals surface area (Å²) in [5.41, 5.74) is 4.75. The van der Waals surface area contributed by atoms with E-state index in [1.54, 1.807) is 11.3 Å². The first kappa shape index (κ1) is 15.6. The van der Waals surface area contributed by atoms with Crippen LogP contribution in [0.5, 0.6) is 5.75 Å². The van der Waals surface area contributed by atoms with Crippen molar-refractivity contribution in [2.45, 2.75) is 38.1 Å². The second-order valence-electron chi connectivity index (χ2n) is 6.25. The topological polar surface area (TPSA) is 83.5 Å². The number of nitrogens with zero attached hydrogens (tertiary/aromatic N) is 1. The van der Waals surface area contributed by atoms with Gasteiger partial charge in [0.1, 0.15) is 12.4 Å². The number of β-amino-alcohol motifs (C(OH)–C–C–N with tert-alkyl or cyclic N) is 1. The number of aromatic nitrogens is 1. The third kappa shape index (κ3) is 2.79. The van der Waals surface area contributed by atoms with Crippen LogP contribution in [0, 0.1) is 0 Å². The summed E-state index contributed by atoms with van der Waals surface area (Å²) < 4.78 is 5.79. The van der Waals surface area contributed by atoms with Gasteiger partial charge in [-0.2, -0.15) is 0 Å². The number of amides is 1. The number of carbonyl (C=O) groups excluding carboxylic acids is 1. The molecule has 2 aromatic rings. The van der Waals surface area contributed by atoms with Gasteiger partial charge in [0.25, 0.3) is 0 Å². The van der Waals surface area contributed by atoms with Gasteiger partial charge in [-0.1, -0.05) is 6.07 Å². The van der Waals surface area contributed by atoms with Gasteiger partial charge in [0.05, 0.1) is 34.3 Å². The van der Waals surface area contributed by atoms with Gasteiger partial charge in [-0.3, -0.25) is 10.1 Å². The molecule has 1 aromatic heterocycles. The molecule has 24 heavy (non-hydrogen) atoms. The van der Waals surface area contributed by atoms with Crippen LogP contribution in [0.1, 0.15) is 30.5 Å². The molecular formula is C17H19N3O3S. The van der Waals surface area contributed by atoms with E-state index in [1.807, 2.05) is 30.6 Å². The number of rotatable bonds is 3. The number of fused-ring (bicyclic) bond motifs is 3. The molecule has 0 radical (unpaired) electrons. The van der Waals surface area contributed by atoms with E-state index in [9.17, 15) is 9.90 Å². The minimum atomic E-state index is -0.392. The molecule has 0 saturated carbocycles. The summed E-state index contributed by atoms with van der Waals surface area (Å²) in [6.07, 6.45) is -0.0140. The van der Waals surface area contributed by atoms with Crippen LogP contribution in [-0.2, 0) is 11.4 Å². The van der Waals surface area contributed by atoms with E-state index in [-0.39, 0.29) is 18.0 Å². The number of benzene rings is 1. The minimum absolute atomic E-state index is 0.0594. The average molecular weight is 345 g/mol. The fourth-order valence-electron chi connectivity index (χ4n) is 3.13. The quantitative estimate of drug-likeness (QED) is 0.787. The number of aliphatic hydroxyl groups excluding tert-OH is 1. The summed E-state index contributed by atoms with van der Waals surface area (Å²) in [4.78, 5) is 17.9. The third-order valence-corrected chi connectivity index (χ3v) is 5.48. The van der Waals surface area contributed by atoms with Crippen molar-refractivity contribution in [2.24, 2.45) is 0 Å². The SMILES string of the molecule is CC(C(=O)N[C@H]1C[C@@H](O)CN1)c1ccc2c(c1)OCc1ncsc1-2. The van der Waals surface area contributed by atoms with E-state index in [0.29, 0.717) is 19.6 Å². The van der Waals surface area contributed by atoms with E-state index in [1.165, 1.54) is 0 Å². The summed E-state index contributed by atoms with van der Waals surface area (Å²) in [5, 5.41) is 15.6. The van der Waals surface area contributed by atoms with Crippen LogP contribution in [0.2, 0.25) is 0 Å². The van der Waals surface area contributed by atoms with Crippen LogP contribution in [0.15, 0.2) is 23.7 Å². The van der Waals surface area contributed by atoms with Crippen molar-refractivity contribution >= 4 is 17.2 Å². The average Bonchev–Trinajstić information content (AvgIpc) is 3.22. The molecule has 2 aliphatic heterocycles.